The molecule has 0 aliphatic carbocycles. The maximum absolute atomic E-state index is 11.4. The van der Waals surface area contributed by atoms with Crippen molar-refractivity contribution < 1.29 is 8.42 Å². The molecule has 0 saturated heterocycles. The zero-order chi connectivity index (χ0) is 12.3. The average Bonchev–Trinajstić information content (AvgIpc) is 2.18. The van der Waals surface area contributed by atoms with Crippen LogP contribution in [-0.4, -0.2) is 32.7 Å². The molecule has 0 aliphatic rings. The molecule has 3 N–H and O–H groups in total. The Morgan fingerprint density at radius 1 is 1.44 bits per heavy atom. The number of nitrogens with two attached hydrogens (primary N) is 1. The summed E-state index contributed by atoms with van der Waals surface area (Å²) in [5, 5.41) is 3.11. The van der Waals surface area contributed by atoms with Gasteiger partial charge in [-0.05, 0) is 31.0 Å². The van der Waals surface area contributed by atoms with E-state index in [9.17, 15) is 8.42 Å². The molecule has 0 saturated carbocycles. The molecule has 0 atom stereocenters. The van der Waals surface area contributed by atoms with Gasteiger partial charge in [0.2, 0.25) is 0 Å². The number of rotatable bonds is 4. The van der Waals surface area contributed by atoms with Gasteiger partial charge in [-0.1, -0.05) is 0 Å². The Kier molecular flexibility index (Phi) is 3.88. The molecule has 5 nitrogen and oxygen atoms in total. The number of nitrogens with zero attached hydrogens (tertiary/aromatic N) is 1. The molecular formula is C10H17N3O2S. The Balaban J connectivity index is 3.22. The van der Waals surface area contributed by atoms with Gasteiger partial charge in [-0.25, -0.2) is 13.4 Å². The maximum Gasteiger partial charge on any atom is 0.192 e. The van der Waals surface area contributed by atoms with Crippen molar-refractivity contribution in [2.45, 2.75) is 18.9 Å². The topological polar surface area (TPSA) is 85.1 Å². The Bertz CT molecular complexity index is 483. The van der Waals surface area contributed by atoms with Crippen LogP contribution in [0.5, 0.6) is 0 Å². The molecule has 0 spiro atoms. The molecule has 16 heavy (non-hydrogen) atoms. The predicted molar refractivity (Wildman–Crippen MR) is 64.4 cm³/mol. The lowest BCUT2D eigenvalue weighted by molar-refractivity contribution is 0.598. The first-order chi connectivity index (χ1) is 7.36. The zero-order valence-corrected chi connectivity index (χ0v) is 10.6. The first-order valence-electron chi connectivity index (χ1n) is 4.98. The van der Waals surface area contributed by atoms with Crippen LogP contribution >= 0.6 is 0 Å². The SMILES string of the molecule is Cc1cc(S(C)(=O)=O)nc(NCCN)c1C. The molecule has 1 aromatic heterocycles. The predicted octanol–water partition coefficient (Wildman–Crippen LogP) is 0.473. The van der Waals surface area contributed by atoms with Gasteiger partial charge in [0.15, 0.2) is 14.9 Å². The average molecular weight is 243 g/mol. The van der Waals surface area contributed by atoms with Gasteiger partial charge < -0.3 is 11.1 Å². The fourth-order valence-electron chi connectivity index (χ4n) is 1.26. The van der Waals surface area contributed by atoms with Crippen LogP contribution in [0.2, 0.25) is 0 Å². The first kappa shape index (κ1) is 12.9. The Morgan fingerprint density at radius 2 is 2.06 bits per heavy atom. The minimum Gasteiger partial charge on any atom is -0.369 e. The van der Waals surface area contributed by atoms with Gasteiger partial charge in [-0.2, -0.15) is 0 Å². The van der Waals surface area contributed by atoms with E-state index in [1.54, 1.807) is 6.07 Å². The van der Waals surface area contributed by atoms with Gasteiger partial charge in [0.25, 0.3) is 0 Å². The molecule has 0 fully saturated rings. The van der Waals surface area contributed by atoms with Crippen LogP contribution in [0.1, 0.15) is 11.1 Å². The fraction of sp³-hybridized carbons (Fsp3) is 0.500. The van der Waals surface area contributed by atoms with E-state index in [1.165, 1.54) is 0 Å². The molecule has 6 heteroatoms. The highest BCUT2D eigenvalue weighted by Gasteiger charge is 2.13. The number of pyridine rings is 1. The third-order valence-electron chi connectivity index (χ3n) is 2.33. The Morgan fingerprint density at radius 3 is 2.56 bits per heavy atom. The van der Waals surface area contributed by atoms with E-state index in [-0.39, 0.29) is 5.03 Å². The molecule has 1 heterocycles. The van der Waals surface area contributed by atoms with Crippen LogP contribution in [0.15, 0.2) is 11.1 Å². The number of aromatic nitrogens is 1. The third kappa shape index (κ3) is 2.93. The van der Waals surface area contributed by atoms with Gasteiger partial charge in [-0.3, -0.25) is 0 Å². The van der Waals surface area contributed by atoms with Crippen molar-refractivity contribution in [3.05, 3.63) is 17.2 Å². The van der Waals surface area contributed by atoms with Crippen LogP contribution < -0.4 is 11.1 Å². The summed E-state index contributed by atoms with van der Waals surface area (Å²) in [5.41, 5.74) is 7.22. The van der Waals surface area contributed by atoms with Crippen molar-refractivity contribution in [1.29, 1.82) is 0 Å². The quantitative estimate of drug-likeness (QED) is 0.803. The molecule has 0 aromatic carbocycles. The molecule has 0 aliphatic heterocycles. The van der Waals surface area contributed by atoms with Crippen LogP contribution in [0.4, 0.5) is 5.82 Å². The Labute approximate surface area is 96.0 Å². The summed E-state index contributed by atoms with van der Waals surface area (Å²) in [6.07, 6.45) is 1.15. The molecule has 0 amide bonds. The van der Waals surface area contributed by atoms with E-state index < -0.39 is 9.84 Å². The van der Waals surface area contributed by atoms with Gasteiger partial charge in [0.1, 0.15) is 5.82 Å². The second kappa shape index (κ2) is 4.80. The molecule has 1 aromatic rings. The summed E-state index contributed by atoms with van der Waals surface area (Å²) in [6.45, 7) is 4.80. The van der Waals surface area contributed by atoms with E-state index in [0.717, 1.165) is 17.4 Å². The molecule has 90 valence electrons. The lowest BCUT2D eigenvalue weighted by Gasteiger charge is -2.11. The van der Waals surface area contributed by atoms with Crippen molar-refractivity contribution in [2.24, 2.45) is 5.73 Å². The van der Waals surface area contributed by atoms with Crippen LogP contribution in [0.25, 0.3) is 0 Å². The summed E-state index contributed by atoms with van der Waals surface area (Å²) in [5.74, 6) is 0.589. The maximum atomic E-state index is 11.4. The van der Waals surface area contributed by atoms with Gasteiger partial charge >= 0.3 is 0 Å². The minimum absolute atomic E-state index is 0.0927. The molecule has 0 radical (unpaired) electrons. The lowest BCUT2D eigenvalue weighted by Crippen LogP contribution is -2.16. The van der Waals surface area contributed by atoms with Gasteiger partial charge in [0.05, 0.1) is 0 Å². The van der Waals surface area contributed by atoms with E-state index in [2.05, 4.69) is 10.3 Å². The summed E-state index contributed by atoms with van der Waals surface area (Å²) >= 11 is 0. The number of aryl methyl sites for hydroxylation is 1. The normalized spacial score (nSPS) is 11.5. The number of hydrogen-bond acceptors (Lipinski definition) is 5. The van der Waals surface area contributed by atoms with Gasteiger partial charge in [0, 0.05) is 19.3 Å². The smallest absolute Gasteiger partial charge is 0.192 e. The van der Waals surface area contributed by atoms with Crippen LogP contribution in [0, 0.1) is 13.8 Å². The summed E-state index contributed by atoms with van der Waals surface area (Å²) < 4.78 is 22.8. The molecule has 0 bridgehead atoms. The van der Waals surface area contributed by atoms with Gasteiger partial charge in [-0.15, -0.1) is 0 Å². The minimum atomic E-state index is -3.27. The highest BCUT2D eigenvalue weighted by molar-refractivity contribution is 7.90. The first-order valence-corrected chi connectivity index (χ1v) is 6.87. The fourth-order valence-corrected chi connectivity index (χ4v) is 1.91. The number of hydrogen-bond donors (Lipinski definition) is 2. The third-order valence-corrected chi connectivity index (χ3v) is 3.29. The zero-order valence-electron chi connectivity index (χ0n) is 9.74. The monoisotopic (exact) mass is 243 g/mol. The van der Waals surface area contributed by atoms with Crippen molar-refractivity contribution in [2.75, 3.05) is 24.7 Å². The standard InChI is InChI=1S/C10H17N3O2S/c1-7-6-9(16(3,14)15)13-10(8(7)2)12-5-4-11/h6H,4-5,11H2,1-3H3,(H,12,13). The second-order valence-corrected chi connectivity index (χ2v) is 5.70. The Hall–Kier alpha value is -1.14. The van der Waals surface area contributed by atoms with E-state index >= 15 is 0 Å². The molecular weight excluding hydrogens is 226 g/mol. The highest BCUT2D eigenvalue weighted by Crippen LogP contribution is 2.19. The number of nitrogens with one attached hydrogen (secondary N) is 1. The van der Waals surface area contributed by atoms with Crippen molar-refractivity contribution in [3.8, 4) is 0 Å². The van der Waals surface area contributed by atoms with Crippen LogP contribution in [0.3, 0.4) is 0 Å². The molecule has 1 rings (SSSR count). The summed E-state index contributed by atoms with van der Waals surface area (Å²) in [4.78, 5) is 4.09. The van der Waals surface area contributed by atoms with Crippen LogP contribution in [-0.2, 0) is 9.84 Å². The largest absolute Gasteiger partial charge is 0.369 e. The van der Waals surface area contributed by atoms with E-state index in [4.69, 9.17) is 5.73 Å². The van der Waals surface area contributed by atoms with Crippen molar-refractivity contribution >= 4 is 15.7 Å². The summed E-state index contributed by atoms with van der Waals surface area (Å²) in [7, 11) is -3.27. The van der Waals surface area contributed by atoms with Crippen molar-refractivity contribution in [1.82, 2.24) is 4.98 Å². The number of anilines is 1. The lowest BCUT2D eigenvalue weighted by atomic mass is 10.2. The summed E-state index contributed by atoms with van der Waals surface area (Å²) in [6, 6.07) is 1.58. The van der Waals surface area contributed by atoms with E-state index in [0.29, 0.717) is 18.9 Å². The highest BCUT2D eigenvalue weighted by atomic mass is 32.2. The van der Waals surface area contributed by atoms with E-state index in [1.807, 2.05) is 13.8 Å². The second-order valence-electron chi connectivity index (χ2n) is 3.74. The van der Waals surface area contributed by atoms with Crippen molar-refractivity contribution in [3.63, 3.8) is 0 Å². The molecule has 0 unspecified atom stereocenters. The number of sulfone groups is 1.